The molecule has 6 nitrogen and oxygen atoms in total. The molecule has 1 amide bonds. The van der Waals surface area contributed by atoms with E-state index in [-0.39, 0.29) is 47.6 Å². The Bertz CT molecular complexity index is 880. The molecule has 8 heteroatoms. The molecule has 3 rings (SSSR count). The average Bonchev–Trinajstić information content (AvgIpc) is 2.97. The Morgan fingerprint density at radius 3 is 2.40 bits per heavy atom. The fraction of sp³-hybridized carbons (Fsp3) is 0.682. The van der Waals surface area contributed by atoms with E-state index < -0.39 is 0 Å². The molecule has 30 heavy (non-hydrogen) atoms. The lowest BCUT2D eigenvalue weighted by molar-refractivity contribution is 0.0923. The largest absolute Gasteiger partial charge is 0.351 e. The van der Waals surface area contributed by atoms with Crippen LogP contribution in [0.3, 0.4) is 0 Å². The molecule has 0 bridgehead atoms. The smallest absolute Gasteiger partial charge is 0.252 e. The maximum atomic E-state index is 13.2. The minimum absolute atomic E-state index is 0. The van der Waals surface area contributed by atoms with Crippen molar-refractivity contribution in [2.45, 2.75) is 72.8 Å². The lowest BCUT2D eigenvalue weighted by atomic mass is 9.81. The highest BCUT2D eigenvalue weighted by atomic mass is 35.5. The molecule has 0 aliphatic carbocycles. The van der Waals surface area contributed by atoms with Gasteiger partial charge in [-0.05, 0) is 71.0 Å². The Balaban J connectivity index is 0.00000225. The van der Waals surface area contributed by atoms with Gasteiger partial charge in [-0.2, -0.15) is 5.10 Å². The first-order valence-electron chi connectivity index (χ1n) is 10.4. The van der Waals surface area contributed by atoms with Crippen molar-refractivity contribution >= 4 is 41.8 Å². The first-order chi connectivity index (χ1) is 13.0. The standard InChI is InChI=1S/C22H35N5O.2ClH/c1-14(2)17-12-16(20(28)24-13-22(7)8-10-23-11-9-22)18-15(3)26-27(19(18)25-17)21(4,5)6;;/h12,14,23H,8-11,13H2,1-7H3,(H,24,28);2*1H. The summed E-state index contributed by atoms with van der Waals surface area (Å²) in [5.41, 5.74) is 3.22. The summed E-state index contributed by atoms with van der Waals surface area (Å²) in [5, 5.41) is 12.2. The second-order valence-electron chi connectivity index (χ2n) is 9.86. The molecule has 1 aliphatic heterocycles. The molecule has 0 spiro atoms. The predicted molar refractivity (Wildman–Crippen MR) is 128 cm³/mol. The van der Waals surface area contributed by atoms with Crippen LogP contribution in [0.5, 0.6) is 0 Å². The Morgan fingerprint density at radius 2 is 1.87 bits per heavy atom. The van der Waals surface area contributed by atoms with Gasteiger partial charge in [0, 0.05) is 12.2 Å². The molecule has 0 saturated carbocycles. The SMILES string of the molecule is Cc1nn(C(C)(C)C)c2nc(C(C)C)cc(C(=O)NCC3(C)CCNCC3)c12.Cl.Cl. The first kappa shape index (κ1) is 26.7. The summed E-state index contributed by atoms with van der Waals surface area (Å²) >= 11 is 0. The monoisotopic (exact) mass is 457 g/mol. The zero-order valence-corrected chi connectivity index (χ0v) is 20.9. The number of carbonyl (C=O) groups excluding carboxylic acids is 1. The van der Waals surface area contributed by atoms with Crippen LogP contribution in [0, 0.1) is 12.3 Å². The zero-order chi connectivity index (χ0) is 20.7. The first-order valence-corrected chi connectivity index (χ1v) is 10.4. The number of hydrogen-bond acceptors (Lipinski definition) is 4. The van der Waals surface area contributed by atoms with Crippen molar-refractivity contribution in [1.82, 2.24) is 25.4 Å². The Hall–Kier alpha value is -1.37. The number of pyridine rings is 1. The highest BCUT2D eigenvalue weighted by Crippen LogP contribution is 2.30. The number of carbonyl (C=O) groups is 1. The summed E-state index contributed by atoms with van der Waals surface area (Å²) < 4.78 is 1.95. The summed E-state index contributed by atoms with van der Waals surface area (Å²) in [6.45, 7) is 17.5. The van der Waals surface area contributed by atoms with Crippen molar-refractivity contribution in [3.8, 4) is 0 Å². The van der Waals surface area contributed by atoms with Crippen LogP contribution in [0.15, 0.2) is 6.07 Å². The van der Waals surface area contributed by atoms with Crippen LogP contribution >= 0.6 is 24.8 Å². The molecule has 0 unspecified atom stereocenters. The summed E-state index contributed by atoms with van der Waals surface area (Å²) in [4.78, 5) is 18.1. The van der Waals surface area contributed by atoms with E-state index in [2.05, 4.69) is 52.2 Å². The van der Waals surface area contributed by atoms with Crippen molar-refractivity contribution < 1.29 is 4.79 Å². The molecule has 170 valence electrons. The van der Waals surface area contributed by atoms with Gasteiger partial charge in [0.05, 0.1) is 22.2 Å². The molecule has 2 N–H and O–H groups in total. The van der Waals surface area contributed by atoms with Crippen molar-refractivity contribution in [1.29, 1.82) is 0 Å². The van der Waals surface area contributed by atoms with Crippen molar-refractivity contribution in [3.05, 3.63) is 23.0 Å². The molecule has 1 aliphatic rings. The van der Waals surface area contributed by atoms with E-state index in [4.69, 9.17) is 10.1 Å². The number of hydrogen-bond donors (Lipinski definition) is 2. The highest BCUT2D eigenvalue weighted by molar-refractivity contribution is 6.06. The van der Waals surface area contributed by atoms with Crippen LogP contribution in [0.25, 0.3) is 11.0 Å². The fourth-order valence-corrected chi connectivity index (χ4v) is 3.85. The van der Waals surface area contributed by atoms with Gasteiger partial charge in [0.2, 0.25) is 0 Å². The summed E-state index contributed by atoms with van der Waals surface area (Å²) in [6.07, 6.45) is 2.16. The molecule has 1 saturated heterocycles. The van der Waals surface area contributed by atoms with Crippen LogP contribution in [0.4, 0.5) is 0 Å². The average molecular weight is 458 g/mol. The number of amides is 1. The molecular weight excluding hydrogens is 421 g/mol. The van der Waals surface area contributed by atoms with E-state index in [0.29, 0.717) is 12.1 Å². The number of aromatic nitrogens is 3. The van der Waals surface area contributed by atoms with E-state index in [1.54, 1.807) is 0 Å². The third-order valence-electron chi connectivity index (χ3n) is 5.79. The summed E-state index contributed by atoms with van der Waals surface area (Å²) in [5.74, 6) is 0.215. The van der Waals surface area contributed by atoms with Crippen LogP contribution in [-0.2, 0) is 5.54 Å². The van der Waals surface area contributed by atoms with Crippen molar-refractivity contribution in [3.63, 3.8) is 0 Å². The molecule has 3 heterocycles. The molecular formula is C22H37Cl2N5O. The van der Waals surface area contributed by atoms with E-state index in [1.165, 1.54) is 0 Å². The normalized spacial score (nSPS) is 16.1. The Labute approximate surface area is 192 Å². The van der Waals surface area contributed by atoms with E-state index >= 15 is 0 Å². The number of halogens is 2. The molecule has 0 aromatic carbocycles. The zero-order valence-electron chi connectivity index (χ0n) is 19.3. The van der Waals surface area contributed by atoms with Gasteiger partial charge in [0.1, 0.15) is 0 Å². The Kier molecular flexibility index (Phi) is 8.74. The maximum Gasteiger partial charge on any atom is 0.252 e. The lowest BCUT2D eigenvalue weighted by Crippen LogP contribution is -2.43. The second-order valence-corrected chi connectivity index (χ2v) is 9.86. The molecule has 2 aromatic rings. The van der Waals surface area contributed by atoms with Gasteiger partial charge in [-0.1, -0.05) is 20.8 Å². The van der Waals surface area contributed by atoms with Crippen LogP contribution in [0.2, 0.25) is 0 Å². The predicted octanol–water partition coefficient (Wildman–Crippen LogP) is 4.58. The number of rotatable bonds is 4. The van der Waals surface area contributed by atoms with Crippen LogP contribution in [0.1, 0.15) is 82.0 Å². The molecule has 0 atom stereocenters. The van der Waals surface area contributed by atoms with Crippen molar-refractivity contribution in [2.24, 2.45) is 5.41 Å². The minimum Gasteiger partial charge on any atom is -0.351 e. The highest BCUT2D eigenvalue weighted by Gasteiger charge is 2.29. The Morgan fingerprint density at radius 1 is 1.27 bits per heavy atom. The van der Waals surface area contributed by atoms with E-state index in [0.717, 1.165) is 48.4 Å². The van der Waals surface area contributed by atoms with Gasteiger partial charge >= 0.3 is 0 Å². The third-order valence-corrected chi connectivity index (χ3v) is 5.79. The summed E-state index contributed by atoms with van der Waals surface area (Å²) in [7, 11) is 0. The maximum absolute atomic E-state index is 13.2. The van der Waals surface area contributed by atoms with Crippen molar-refractivity contribution in [2.75, 3.05) is 19.6 Å². The second kappa shape index (κ2) is 9.84. The fourth-order valence-electron chi connectivity index (χ4n) is 3.85. The molecule has 2 aromatic heterocycles. The van der Waals surface area contributed by atoms with Gasteiger partial charge in [-0.3, -0.25) is 4.79 Å². The van der Waals surface area contributed by atoms with E-state index in [1.807, 2.05) is 17.7 Å². The quantitative estimate of drug-likeness (QED) is 0.704. The minimum atomic E-state index is -0.203. The van der Waals surface area contributed by atoms with Gasteiger partial charge in [-0.15, -0.1) is 24.8 Å². The van der Waals surface area contributed by atoms with Crippen LogP contribution < -0.4 is 10.6 Å². The topological polar surface area (TPSA) is 71.8 Å². The number of fused-ring (bicyclic) bond motifs is 1. The number of piperidine rings is 1. The van der Waals surface area contributed by atoms with Gasteiger partial charge in [0.25, 0.3) is 5.91 Å². The van der Waals surface area contributed by atoms with Gasteiger partial charge in [-0.25, -0.2) is 9.67 Å². The van der Waals surface area contributed by atoms with E-state index in [9.17, 15) is 4.79 Å². The summed E-state index contributed by atoms with van der Waals surface area (Å²) in [6, 6.07) is 1.95. The van der Waals surface area contributed by atoms with Gasteiger partial charge < -0.3 is 10.6 Å². The third kappa shape index (κ3) is 5.45. The van der Waals surface area contributed by atoms with Crippen LogP contribution in [-0.4, -0.2) is 40.3 Å². The number of nitrogens with zero attached hydrogens (tertiary/aromatic N) is 3. The molecule has 1 fully saturated rings. The van der Waals surface area contributed by atoms with Gasteiger partial charge in [0.15, 0.2) is 5.65 Å². The lowest BCUT2D eigenvalue weighted by Gasteiger charge is -2.34. The number of nitrogens with one attached hydrogen (secondary N) is 2. The number of aryl methyl sites for hydroxylation is 1. The molecule has 0 radical (unpaired) electrons.